The highest BCUT2D eigenvalue weighted by Gasteiger charge is 2.30. The summed E-state index contributed by atoms with van der Waals surface area (Å²) in [7, 11) is 0. The number of nitrogens with two attached hydrogens (primary N) is 1. The summed E-state index contributed by atoms with van der Waals surface area (Å²) in [5.74, 6) is -0.710. The molecule has 4 N–H and O–H groups in total. The maximum absolute atomic E-state index is 12.3. The maximum Gasteiger partial charge on any atom is 0.312 e. The molecule has 1 atom stereocenters. The molecule has 0 radical (unpaired) electrons. The van der Waals surface area contributed by atoms with Crippen LogP contribution in [0.5, 0.6) is 0 Å². The summed E-state index contributed by atoms with van der Waals surface area (Å²) in [6, 6.07) is -0.555. The summed E-state index contributed by atoms with van der Waals surface area (Å²) < 4.78 is 0. The Balaban J connectivity index is 2.49. The van der Waals surface area contributed by atoms with Crippen molar-refractivity contribution in [2.75, 3.05) is 19.6 Å². The third kappa shape index (κ3) is 6.46. The van der Waals surface area contributed by atoms with Gasteiger partial charge in [0.1, 0.15) is 0 Å². The average Bonchev–Trinajstić information content (AvgIpc) is 2.34. The van der Waals surface area contributed by atoms with E-state index < -0.39 is 17.4 Å². The molecule has 1 aliphatic heterocycles. The Morgan fingerprint density at radius 1 is 1.33 bits per heavy atom. The summed E-state index contributed by atoms with van der Waals surface area (Å²) in [4.78, 5) is 35.6. The van der Waals surface area contributed by atoms with Crippen molar-refractivity contribution in [3.63, 3.8) is 0 Å². The molecule has 1 saturated heterocycles. The van der Waals surface area contributed by atoms with Gasteiger partial charge in [-0.1, -0.05) is 13.8 Å². The molecule has 0 aromatic rings. The molecule has 0 aliphatic carbocycles. The highest BCUT2D eigenvalue weighted by molar-refractivity contribution is 5.78. The summed E-state index contributed by atoms with van der Waals surface area (Å²) in [6.45, 7) is 5.32. The number of urea groups is 1. The molecule has 7 nitrogen and oxygen atoms in total. The van der Waals surface area contributed by atoms with E-state index >= 15 is 0 Å². The summed E-state index contributed by atoms with van der Waals surface area (Å²) in [5.41, 5.74) is 4.49. The van der Waals surface area contributed by atoms with E-state index in [4.69, 9.17) is 10.8 Å². The quantitative estimate of drug-likeness (QED) is 0.672. The van der Waals surface area contributed by atoms with Crippen LogP contribution in [0.15, 0.2) is 0 Å². The second kappa shape index (κ2) is 7.28. The number of aliphatic carboxylic acids is 1. The molecule has 1 fully saturated rings. The van der Waals surface area contributed by atoms with Crippen molar-refractivity contribution < 1.29 is 19.5 Å². The van der Waals surface area contributed by atoms with E-state index in [-0.39, 0.29) is 24.7 Å². The third-order valence-electron chi connectivity index (χ3n) is 3.70. The van der Waals surface area contributed by atoms with Gasteiger partial charge in [0.2, 0.25) is 5.91 Å². The van der Waals surface area contributed by atoms with Gasteiger partial charge in [-0.15, -0.1) is 0 Å². The second-order valence-corrected chi connectivity index (χ2v) is 6.50. The van der Waals surface area contributed by atoms with Crippen LogP contribution in [0.1, 0.15) is 39.5 Å². The lowest BCUT2D eigenvalue weighted by Gasteiger charge is -2.34. The van der Waals surface area contributed by atoms with Crippen LogP contribution in [0.25, 0.3) is 0 Å². The smallest absolute Gasteiger partial charge is 0.312 e. The van der Waals surface area contributed by atoms with E-state index in [1.807, 2.05) is 0 Å². The Morgan fingerprint density at radius 3 is 2.57 bits per heavy atom. The Kier molecular flexibility index (Phi) is 5.99. The molecule has 1 aliphatic rings. The molecule has 21 heavy (non-hydrogen) atoms. The third-order valence-corrected chi connectivity index (χ3v) is 3.70. The number of carbonyl (C=O) groups is 3. The first kappa shape index (κ1) is 17.3. The van der Waals surface area contributed by atoms with Crippen LogP contribution >= 0.6 is 0 Å². The molecule has 0 aromatic carbocycles. The van der Waals surface area contributed by atoms with Crippen LogP contribution in [-0.2, 0) is 9.59 Å². The first-order chi connectivity index (χ1) is 9.69. The van der Waals surface area contributed by atoms with E-state index in [0.717, 1.165) is 12.8 Å². The van der Waals surface area contributed by atoms with Crippen LogP contribution in [0, 0.1) is 11.3 Å². The number of amides is 3. The van der Waals surface area contributed by atoms with Gasteiger partial charge in [0.25, 0.3) is 0 Å². The van der Waals surface area contributed by atoms with Crippen molar-refractivity contribution in [2.45, 2.75) is 39.5 Å². The van der Waals surface area contributed by atoms with E-state index in [2.05, 4.69) is 5.32 Å². The van der Waals surface area contributed by atoms with Crippen molar-refractivity contribution in [1.29, 1.82) is 0 Å². The van der Waals surface area contributed by atoms with Crippen molar-refractivity contribution in [3.8, 4) is 0 Å². The van der Waals surface area contributed by atoms with Gasteiger partial charge in [-0.3, -0.25) is 9.59 Å². The highest BCUT2D eigenvalue weighted by atomic mass is 16.4. The number of likely N-dealkylation sites (tertiary alicyclic amines) is 1. The molecule has 0 saturated carbocycles. The minimum absolute atomic E-state index is 0.0231. The number of hydrogen-bond acceptors (Lipinski definition) is 3. The highest BCUT2D eigenvalue weighted by Crippen LogP contribution is 2.27. The van der Waals surface area contributed by atoms with Gasteiger partial charge in [-0.25, -0.2) is 4.79 Å². The monoisotopic (exact) mass is 299 g/mol. The van der Waals surface area contributed by atoms with Gasteiger partial charge in [0, 0.05) is 26.1 Å². The maximum atomic E-state index is 12.3. The fourth-order valence-corrected chi connectivity index (χ4v) is 2.70. The standard InChI is InChI=1S/C14H25N3O4/c1-14(2,7-12(19)20)6-11(18)17-5-3-4-10(9-17)8-16-13(15)21/h10H,3-9H2,1-2H3,(H,19,20)(H3,15,16,21). The van der Waals surface area contributed by atoms with Gasteiger partial charge in [0.05, 0.1) is 6.42 Å². The lowest BCUT2D eigenvalue weighted by atomic mass is 9.84. The number of rotatable bonds is 6. The molecular formula is C14H25N3O4. The molecule has 120 valence electrons. The second-order valence-electron chi connectivity index (χ2n) is 6.50. The van der Waals surface area contributed by atoms with Gasteiger partial charge in [0.15, 0.2) is 0 Å². The van der Waals surface area contributed by atoms with Gasteiger partial charge in [-0.05, 0) is 24.2 Å². The number of hydrogen-bond donors (Lipinski definition) is 3. The number of nitrogens with zero attached hydrogens (tertiary/aromatic N) is 1. The molecule has 1 unspecified atom stereocenters. The topological polar surface area (TPSA) is 113 Å². The Bertz CT molecular complexity index is 409. The fourth-order valence-electron chi connectivity index (χ4n) is 2.70. The minimum Gasteiger partial charge on any atom is -0.481 e. The van der Waals surface area contributed by atoms with Crippen molar-refractivity contribution >= 4 is 17.9 Å². The number of carbonyl (C=O) groups excluding carboxylic acids is 2. The first-order valence-corrected chi connectivity index (χ1v) is 7.22. The molecule has 7 heteroatoms. The number of primary amides is 1. The number of piperidine rings is 1. The molecule has 0 spiro atoms. The number of carboxylic acids is 1. The van der Waals surface area contributed by atoms with E-state index in [0.29, 0.717) is 19.6 Å². The predicted molar refractivity (Wildman–Crippen MR) is 77.5 cm³/mol. The zero-order chi connectivity index (χ0) is 16.0. The molecule has 0 aromatic heterocycles. The van der Waals surface area contributed by atoms with Crippen LogP contribution in [-0.4, -0.2) is 47.5 Å². The Morgan fingerprint density at radius 2 is 2.00 bits per heavy atom. The van der Waals surface area contributed by atoms with E-state index in [1.54, 1.807) is 18.7 Å². The summed E-state index contributed by atoms with van der Waals surface area (Å²) in [6.07, 6.45) is 2.02. The Hall–Kier alpha value is -1.79. The predicted octanol–water partition coefficient (Wildman–Crippen LogP) is 0.784. The summed E-state index contributed by atoms with van der Waals surface area (Å²) in [5, 5.41) is 11.4. The normalized spacial score (nSPS) is 19.1. The number of carboxylic acid groups (broad SMARTS) is 1. The van der Waals surface area contributed by atoms with Crippen molar-refractivity contribution in [2.24, 2.45) is 17.1 Å². The van der Waals surface area contributed by atoms with Crippen molar-refractivity contribution in [3.05, 3.63) is 0 Å². The Labute approximate surface area is 124 Å². The average molecular weight is 299 g/mol. The number of nitrogens with one attached hydrogen (secondary N) is 1. The van der Waals surface area contributed by atoms with Gasteiger partial charge >= 0.3 is 12.0 Å². The first-order valence-electron chi connectivity index (χ1n) is 7.22. The zero-order valence-electron chi connectivity index (χ0n) is 12.7. The molecule has 3 amide bonds. The zero-order valence-corrected chi connectivity index (χ0v) is 12.7. The van der Waals surface area contributed by atoms with Gasteiger partial charge in [-0.2, -0.15) is 0 Å². The largest absolute Gasteiger partial charge is 0.481 e. The van der Waals surface area contributed by atoms with Crippen LogP contribution in [0.2, 0.25) is 0 Å². The van der Waals surface area contributed by atoms with Crippen LogP contribution < -0.4 is 11.1 Å². The molecule has 1 heterocycles. The van der Waals surface area contributed by atoms with E-state index in [9.17, 15) is 14.4 Å². The molecule has 0 bridgehead atoms. The van der Waals surface area contributed by atoms with Crippen molar-refractivity contribution in [1.82, 2.24) is 10.2 Å². The van der Waals surface area contributed by atoms with Crippen LogP contribution in [0.3, 0.4) is 0 Å². The molecule has 1 rings (SSSR count). The van der Waals surface area contributed by atoms with Crippen LogP contribution in [0.4, 0.5) is 4.79 Å². The minimum atomic E-state index is -0.894. The fraction of sp³-hybridized carbons (Fsp3) is 0.786. The lowest BCUT2D eigenvalue weighted by molar-refractivity contribution is -0.141. The SMILES string of the molecule is CC(C)(CC(=O)O)CC(=O)N1CCCC(CNC(N)=O)C1. The lowest BCUT2D eigenvalue weighted by Crippen LogP contribution is -2.45. The van der Waals surface area contributed by atoms with Gasteiger partial charge < -0.3 is 21.1 Å². The van der Waals surface area contributed by atoms with E-state index in [1.165, 1.54) is 0 Å². The molecular weight excluding hydrogens is 274 g/mol. The summed E-state index contributed by atoms with van der Waals surface area (Å²) >= 11 is 0.